The first-order chi connectivity index (χ1) is 22.6. The van der Waals surface area contributed by atoms with Crippen molar-refractivity contribution in [2.24, 2.45) is 0 Å². The van der Waals surface area contributed by atoms with Crippen LogP contribution in [0.5, 0.6) is 5.75 Å². The normalized spacial score (nSPS) is 16.1. The fourth-order valence-corrected chi connectivity index (χ4v) is 6.44. The maximum atomic E-state index is 14.5. The van der Waals surface area contributed by atoms with E-state index in [2.05, 4.69) is 5.32 Å². The van der Waals surface area contributed by atoms with Gasteiger partial charge in [0.2, 0.25) is 12.3 Å². The quantitative estimate of drug-likeness (QED) is 0.279. The molecule has 0 unspecified atom stereocenters. The molecule has 0 bridgehead atoms. The Kier molecular flexibility index (Phi) is 11.4. The molecular weight excluding hydrogens is 665 g/mol. The van der Waals surface area contributed by atoms with Gasteiger partial charge in [-0.25, -0.2) is 17.6 Å². The van der Waals surface area contributed by atoms with Gasteiger partial charge >= 0.3 is 6.03 Å². The number of methoxy groups -OCH3 is 1. The Morgan fingerprint density at radius 3 is 2.48 bits per heavy atom. The number of ether oxygens (including phenoxy) is 1. The van der Waals surface area contributed by atoms with E-state index in [0.29, 0.717) is 51.1 Å². The van der Waals surface area contributed by atoms with Gasteiger partial charge in [-0.3, -0.25) is 14.4 Å². The fraction of sp³-hybridized carbons (Fsp3) is 0.455. The first kappa shape index (κ1) is 36.7. The maximum absolute atomic E-state index is 14.5. The number of nitrogens with one attached hydrogen (secondary N) is 1. The predicted molar refractivity (Wildman–Crippen MR) is 181 cm³/mol. The molecule has 4 rings (SSSR count). The van der Waals surface area contributed by atoms with Crippen LogP contribution in [0.3, 0.4) is 0 Å². The van der Waals surface area contributed by atoms with Crippen LogP contribution in [0.25, 0.3) is 5.57 Å². The monoisotopic (exact) mass is 705 g/mol. The minimum atomic E-state index is -3.57. The van der Waals surface area contributed by atoms with Crippen molar-refractivity contribution in [1.29, 1.82) is 0 Å². The van der Waals surface area contributed by atoms with Gasteiger partial charge in [-0.2, -0.15) is 0 Å². The van der Waals surface area contributed by atoms with Gasteiger partial charge in [0.05, 0.1) is 22.5 Å². The zero-order valence-corrected chi connectivity index (χ0v) is 29.2. The summed E-state index contributed by atoms with van der Waals surface area (Å²) < 4.78 is 43.1. The third-order valence-corrected chi connectivity index (χ3v) is 11.4. The standard InChI is InChI=1S/C33H41ClFN5O7S/c1-33(2,48(5,45)46)20-37(3)31(43)26(25-7-6-8-27(35)30(25)34)18-38(21-41)19-29(42)39-14-12-23(13-15-39)40-16-11-22-17-24(47-4)9-10-28(22)36-32(40)44/h6-10,17-18,21,23H,11-16,19-20H2,1-5H3,(H,36,44)/b26-18-. The van der Waals surface area contributed by atoms with Crippen LogP contribution in [0.15, 0.2) is 42.6 Å². The highest BCUT2D eigenvalue weighted by atomic mass is 35.5. The number of nitrogens with zero attached hydrogens (tertiary/aromatic N) is 4. The molecule has 2 aromatic carbocycles. The lowest BCUT2D eigenvalue weighted by atomic mass is 10.0. The van der Waals surface area contributed by atoms with Crippen molar-refractivity contribution in [1.82, 2.24) is 19.6 Å². The van der Waals surface area contributed by atoms with Gasteiger partial charge in [-0.05, 0) is 62.9 Å². The fourth-order valence-electron chi connectivity index (χ4n) is 5.78. The average molecular weight is 706 g/mol. The number of halogens is 2. The van der Waals surface area contributed by atoms with E-state index in [1.54, 1.807) is 23.0 Å². The molecule has 2 aliphatic heterocycles. The highest BCUT2D eigenvalue weighted by Gasteiger charge is 2.35. The number of piperidine rings is 1. The topological polar surface area (TPSA) is 137 Å². The Morgan fingerprint density at radius 2 is 1.85 bits per heavy atom. The summed E-state index contributed by atoms with van der Waals surface area (Å²) in [4.78, 5) is 57.8. The molecule has 12 nitrogen and oxygen atoms in total. The average Bonchev–Trinajstić information content (AvgIpc) is 3.20. The molecule has 0 atom stereocenters. The maximum Gasteiger partial charge on any atom is 0.322 e. The predicted octanol–water partition coefficient (Wildman–Crippen LogP) is 3.65. The molecule has 2 aromatic rings. The second-order valence-electron chi connectivity index (χ2n) is 12.6. The van der Waals surface area contributed by atoms with Gasteiger partial charge < -0.3 is 29.7 Å². The van der Waals surface area contributed by atoms with Crippen LogP contribution >= 0.6 is 11.6 Å². The van der Waals surface area contributed by atoms with Crippen molar-refractivity contribution in [3.63, 3.8) is 0 Å². The molecule has 0 aromatic heterocycles. The van der Waals surface area contributed by atoms with Crippen molar-refractivity contribution < 1.29 is 36.7 Å². The van der Waals surface area contributed by atoms with Gasteiger partial charge in [0.15, 0.2) is 9.84 Å². The summed E-state index contributed by atoms with van der Waals surface area (Å²) in [7, 11) is -0.595. The van der Waals surface area contributed by atoms with Crippen LogP contribution in [0.4, 0.5) is 14.9 Å². The van der Waals surface area contributed by atoms with Crippen LogP contribution in [0, 0.1) is 5.82 Å². The zero-order valence-electron chi connectivity index (χ0n) is 27.7. The number of rotatable bonds is 11. The molecule has 1 saturated heterocycles. The lowest BCUT2D eigenvalue weighted by Crippen LogP contribution is -2.51. The number of carbonyl (C=O) groups is 4. The van der Waals surface area contributed by atoms with Crippen LogP contribution in [0.2, 0.25) is 5.02 Å². The van der Waals surface area contributed by atoms with Crippen LogP contribution < -0.4 is 10.1 Å². The van der Waals surface area contributed by atoms with Gasteiger partial charge in [-0.1, -0.05) is 23.7 Å². The second kappa shape index (κ2) is 14.9. The largest absolute Gasteiger partial charge is 0.497 e. The van der Waals surface area contributed by atoms with Gasteiger partial charge in [0.25, 0.3) is 5.91 Å². The molecule has 0 spiro atoms. The number of benzene rings is 2. The van der Waals surface area contributed by atoms with Crippen molar-refractivity contribution >= 4 is 57.0 Å². The van der Waals surface area contributed by atoms with E-state index < -0.39 is 32.9 Å². The molecule has 48 heavy (non-hydrogen) atoms. The molecule has 2 heterocycles. The zero-order chi connectivity index (χ0) is 35.4. The number of likely N-dealkylation sites (tertiary alicyclic amines) is 1. The van der Waals surface area contributed by atoms with Gasteiger partial charge in [0, 0.05) is 63.0 Å². The molecular formula is C33H41ClFN5O7S. The number of hydrogen-bond donors (Lipinski definition) is 1. The van der Waals surface area contributed by atoms with E-state index in [1.165, 1.54) is 33.0 Å². The smallest absolute Gasteiger partial charge is 0.322 e. The number of likely N-dealkylation sites (N-methyl/N-ethyl adjacent to an activating group) is 1. The number of amides is 5. The van der Waals surface area contributed by atoms with Crippen LogP contribution in [-0.2, 0) is 30.6 Å². The van der Waals surface area contributed by atoms with E-state index in [9.17, 15) is 32.0 Å². The Morgan fingerprint density at radius 1 is 1.17 bits per heavy atom. The molecule has 1 N–H and O–H groups in total. The minimum absolute atomic E-state index is 0.0258. The van der Waals surface area contributed by atoms with E-state index >= 15 is 0 Å². The summed E-state index contributed by atoms with van der Waals surface area (Å²) >= 11 is 6.23. The number of anilines is 1. The third-order valence-electron chi connectivity index (χ3n) is 8.88. The lowest BCUT2D eigenvalue weighted by molar-refractivity contribution is -0.135. The molecule has 260 valence electrons. The Bertz CT molecular complexity index is 1710. The van der Waals surface area contributed by atoms with E-state index in [1.807, 2.05) is 12.1 Å². The highest BCUT2D eigenvalue weighted by molar-refractivity contribution is 7.92. The Hall–Kier alpha value is -4.17. The molecule has 0 aliphatic carbocycles. The van der Waals surface area contributed by atoms with Gasteiger partial charge in [0.1, 0.15) is 18.1 Å². The van der Waals surface area contributed by atoms with E-state index in [-0.39, 0.29) is 40.7 Å². The minimum Gasteiger partial charge on any atom is -0.497 e. The van der Waals surface area contributed by atoms with Crippen molar-refractivity contribution in [3.05, 3.63) is 64.6 Å². The number of hydrogen-bond acceptors (Lipinski definition) is 7. The van der Waals surface area contributed by atoms with Gasteiger partial charge in [-0.15, -0.1) is 0 Å². The number of sulfone groups is 1. The van der Waals surface area contributed by atoms with E-state index in [0.717, 1.165) is 39.6 Å². The summed E-state index contributed by atoms with van der Waals surface area (Å²) in [6.45, 7) is 3.50. The molecule has 0 saturated carbocycles. The molecule has 15 heteroatoms. The molecule has 5 amide bonds. The molecule has 1 fully saturated rings. The first-order valence-corrected chi connectivity index (χ1v) is 17.7. The SMILES string of the molecule is COc1ccc2c(c1)CCN(C1CCN(C(=O)CN(C=O)/C=C(\C(=O)N(C)CC(C)(C)S(C)(=O)=O)c3cccc(F)c3Cl)CC1)C(=O)N2. The number of urea groups is 1. The Labute approximate surface area is 285 Å². The van der Waals surface area contributed by atoms with Crippen LogP contribution in [-0.4, -0.2) is 116 Å². The summed E-state index contributed by atoms with van der Waals surface area (Å²) in [5.74, 6) is -1.21. The summed E-state index contributed by atoms with van der Waals surface area (Å²) in [5.41, 5.74) is 1.49. The molecule has 2 aliphatic rings. The Balaban J connectivity index is 1.46. The third kappa shape index (κ3) is 8.27. The first-order valence-electron chi connectivity index (χ1n) is 15.4. The van der Waals surface area contributed by atoms with Crippen molar-refractivity contribution in [2.45, 2.75) is 43.9 Å². The lowest BCUT2D eigenvalue weighted by Gasteiger charge is -2.38. The van der Waals surface area contributed by atoms with E-state index in [4.69, 9.17) is 16.3 Å². The molecule has 0 radical (unpaired) electrons. The van der Waals surface area contributed by atoms with Crippen molar-refractivity contribution in [3.8, 4) is 5.75 Å². The number of carbonyl (C=O) groups excluding carboxylic acids is 4. The summed E-state index contributed by atoms with van der Waals surface area (Å²) in [6, 6.07) is 9.06. The van der Waals surface area contributed by atoms with Crippen molar-refractivity contribution in [2.75, 3.05) is 58.5 Å². The second-order valence-corrected chi connectivity index (χ2v) is 15.7. The highest BCUT2D eigenvalue weighted by Crippen LogP contribution is 2.30. The van der Waals surface area contributed by atoms with Crippen LogP contribution in [0.1, 0.15) is 37.8 Å². The summed E-state index contributed by atoms with van der Waals surface area (Å²) in [6.07, 6.45) is 4.26. The summed E-state index contributed by atoms with van der Waals surface area (Å²) in [5, 5.41) is 2.60. The number of fused-ring (bicyclic) bond motifs is 1.